The molecular weight excluding hydrogens is 719 g/mol. The molecule has 2 aliphatic heterocycles. The van der Waals surface area contributed by atoms with E-state index in [4.69, 9.17) is 42.5 Å². The molecule has 1 fully saturated rings. The summed E-state index contributed by atoms with van der Waals surface area (Å²) < 4.78 is 40.5. The van der Waals surface area contributed by atoms with Gasteiger partial charge in [0.1, 0.15) is 24.4 Å². The first-order valence-electron chi connectivity index (χ1n) is 16.3. The lowest BCUT2D eigenvalue weighted by Crippen LogP contribution is -2.55. The van der Waals surface area contributed by atoms with Crippen LogP contribution in [0.25, 0.3) is 0 Å². The molecule has 0 aromatic heterocycles. The van der Waals surface area contributed by atoms with Gasteiger partial charge in [-0.15, -0.1) is 0 Å². The quantitative estimate of drug-likeness (QED) is 0.204. The molecule has 51 heavy (non-hydrogen) atoms. The molecule has 3 aromatic rings. The van der Waals surface area contributed by atoms with Crippen LogP contribution in [-0.2, 0) is 24.4 Å². The summed E-state index contributed by atoms with van der Waals surface area (Å²) in [7, 11) is 0.334. The van der Waals surface area contributed by atoms with Crippen molar-refractivity contribution in [1.82, 2.24) is 24.5 Å². The molecule has 1 saturated heterocycles. The predicted molar refractivity (Wildman–Crippen MR) is 194 cm³/mol. The van der Waals surface area contributed by atoms with Crippen molar-refractivity contribution in [2.45, 2.75) is 30.8 Å². The molecule has 3 amide bonds. The van der Waals surface area contributed by atoms with Crippen LogP contribution in [0, 0.1) is 6.92 Å². The Balaban J connectivity index is 1.65. The van der Waals surface area contributed by atoms with Gasteiger partial charge in [0.25, 0.3) is 5.91 Å². The summed E-state index contributed by atoms with van der Waals surface area (Å²) in [6, 6.07) is 16.0. The number of likely N-dealkylation sites (N-methyl/N-ethyl adjacent to an activating group) is 1. The van der Waals surface area contributed by atoms with Crippen LogP contribution in [-0.4, -0.2) is 113 Å². The number of halogens is 2. The Kier molecular flexibility index (Phi) is 12.6. The van der Waals surface area contributed by atoms with Crippen LogP contribution in [0.3, 0.4) is 0 Å². The summed E-state index contributed by atoms with van der Waals surface area (Å²) in [5, 5.41) is 2.24. The van der Waals surface area contributed by atoms with E-state index in [0.717, 1.165) is 11.1 Å². The maximum Gasteiger partial charge on any atom is 0.326 e. The van der Waals surface area contributed by atoms with Crippen LogP contribution in [0.5, 0.6) is 5.75 Å². The van der Waals surface area contributed by atoms with Gasteiger partial charge in [-0.1, -0.05) is 47.5 Å². The zero-order valence-corrected chi connectivity index (χ0v) is 31.5. The van der Waals surface area contributed by atoms with Crippen molar-refractivity contribution < 1.29 is 32.3 Å². The van der Waals surface area contributed by atoms with Gasteiger partial charge in [-0.2, -0.15) is 4.72 Å². The van der Waals surface area contributed by atoms with Crippen LogP contribution >= 0.6 is 23.2 Å². The molecule has 0 aliphatic carbocycles. The van der Waals surface area contributed by atoms with Crippen molar-refractivity contribution in [3.05, 3.63) is 93.0 Å². The number of urea groups is 1. The molecule has 2 atom stereocenters. The van der Waals surface area contributed by atoms with Gasteiger partial charge in [0.2, 0.25) is 10.0 Å². The number of sulfonamides is 1. The molecule has 0 radical (unpaired) electrons. The van der Waals surface area contributed by atoms with E-state index >= 15 is 0 Å². The number of hydroxylamine groups is 2. The van der Waals surface area contributed by atoms with E-state index in [1.807, 2.05) is 36.1 Å². The van der Waals surface area contributed by atoms with Crippen LogP contribution in [0.4, 0.5) is 4.79 Å². The van der Waals surface area contributed by atoms with E-state index in [-0.39, 0.29) is 42.6 Å². The lowest BCUT2D eigenvalue weighted by molar-refractivity contribution is -0.170. The van der Waals surface area contributed by atoms with E-state index < -0.39 is 22.1 Å². The molecule has 2 heterocycles. The molecule has 0 saturated carbocycles. The third-order valence-electron chi connectivity index (χ3n) is 8.82. The summed E-state index contributed by atoms with van der Waals surface area (Å²) in [6.07, 6.45) is 0. The Morgan fingerprint density at radius 2 is 1.57 bits per heavy atom. The van der Waals surface area contributed by atoms with Crippen molar-refractivity contribution in [2.24, 2.45) is 4.99 Å². The minimum Gasteiger partial charge on any atom is -0.493 e. The summed E-state index contributed by atoms with van der Waals surface area (Å²) in [5.74, 6) is 0.411. The predicted octanol–water partition coefficient (Wildman–Crippen LogP) is 4.88. The molecule has 274 valence electrons. The van der Waals surface area contributed by atoms with E-state index in [9.17, 15) is 18.0 Å². The monoisotopic (exact) mass is 760 g/mol. The second-order valence-electron chi connectivity index (χ2n) is 12.1. The highest BCUT2D eigenvalue weighted by Gasteiger charge is 2.45. The Morgan fingerprint density at radius 1 is 0.961 bits per heavy atom. The SMILES string of the molecule is CCOc1cc(C)c(S(=O)(=O)NCOC)cc1C1=N[C@@H](c2ccc(Cl)cc2)[C@@H](c2ccc(Cl)cc2)N1C(=O)N1CCN(CC(=O)N(C)OC)CC1. The fraction of sp³-hybridized carbons (Fsp3) is 0.400. The Hall–Kier alpha value is -3.76. The molecule has 13 nitrogen and oxygen atoms in total. The fourth-order valence-electron chi connectivity index (χ4n) is 6.11. The molecular formula is C35H42Cl2N6O7S. The molecule has 1 N–H and O–H groups in total. The minimum atomic E-state index is -4.03. The first kappa shape index (κ1) is 38.5. The molecule has 16 heteroatoms. The summed E-state index contributed by atoms with van der Waals surface area (Å²) in [6.45, 7) is 5.25. The Labute approximate surface area is 308 Å². The first-order valence-corrected chi connectivity index (χ1v) is 18.6. The molecule has 0 spiro atoms. The number of amides is 3. The Morgan fingerprint density at radius 3 is 2.14 bits per heavy atom. The first-order chi connectivity index (χ1) is 24.4. The number of aryl methyl sites for hydroxylation is 1. The number of hydrogen-bond donors (Lipinski definition) is 1. The van der Waals surface area contributed by atoms with Gasteiger partial charge < -0.3 is 14.4 Å². The Bertz CT molecular complexity index is 1850. The fourth-order valence-corrected chi connectivity index (χ4v) is 7.55. The van der Waals surface area contributed by atoms with E-state index in [1.54, 1.807) is 54.1 Å². The second kappa shape index (κ2) is 16.7. The van der Waals surface area contributed by atoms with Gasteiger partial charge in [-0.25, -0.2) is 18.3 Å². The number of aliphatic imine (C=N–C) groups is 1. The third kappa shape index (κ3) is 8.66. The average molecular weight is 762 g/mol. The smallest absolute Gasteiger partial charge is 0.326 e. The summed E-state index contributed by atoms with van der Waals surface area (Å²) in [5.41, 5.74) is 2.32. The zero-order valence-electron chi connectivity index (χ0n) is 29.1. The number of piperazine rings is 1. The summed E-state index contributed by atoms with van der Waals surface area (Å²) in [4.78, 5) is 43.0. The van der Waals surface area contributed by atoms with Gasteiger partial charge in [0.05, 0.1) is 36.8 Å². The number of ether oxygens (including phenoxy) is 2. The minimum absolute atomic E-state index is 0.00889. The number of benzene rings is 3. The third-order valence-corrected chi connectivity index (χ3v) is 10.8. The zero-order chi connectivity index (χ0) is 36.9. The van der Waals surface area contributed by atoms with Gasteiger partial charge in [0, 0.05) is 50.4 Å². The van der Waals surface area contributed by atoms with E-state index in [1.165, 1.54) is 25.3 Å². The number of rotatable bonds is 12. The van der Waals surface area contributed by atoms with Crippen LogP contribution < -0.4 is 9.46 Å². The number of amidine groups is 1. The summed E-state index contributed by atoms with van der Waals surface area (Å²) >= 11 is 12.6. The molecule has 2 aliphatic rings. The van der Waals surface area contributed by atoms with Crippen LogP contribution in [0.1, 0.15) is 41.3 Å². The van der Waals surface area contributed by atoms with Crippen molar-refractivity contribution in [3.63, 3.8) is 0 Å². The highest BCUT2D eigenvalue weighted by Crippen LogP contribution is 2.46. The normalized spacial score (nSPS) is 18.1. The van der Waals surface area contributed by atoms with Crippen molar-refractivity contribution >= 4 is 51.0 Å². The van der Waals surface area contributed by atoms with E-state index in [2.05, 4.69) is 4.72 Å². The van der Waals surface area contributed by atoms with Crippen LogP contribution in [0.15, 0.2) is 70.6 Å². The molecule has 0 bridgehead atoms. The van der Waals surface area contributed by atoms with Crippen molar-refractivity contribution in [3.8, 4) is 5.75 Å². The topological polar surface area (TPSA) is 133 Å². The number of carbonyl (C=O) groups is 2. The number of hydrogen-bond acceptors (Lipinski definition) is 9. The van der Waals surface area contributed by atoms with Gasteiger partial charge in [0.15, 0.2) is 0 Å². The standard InChI is InChI=1S/C35H42Cl2N6O7S/c1-6-50-29-19-23(2)30(51(46,47)38-22-48-4)20-28(29)34-39-32(24-7-11-26(36)12-8-24)33(25-9-13-27(37)14-10-25)43(34)35(45)42-17-15-41(16-18-42)21-31(44)40(3)49-5/h7-14,19-20,32-33,38H,6,15-18,21-22H2,1-5H3/t32-,33+/m0/s1. The van der Waals surface area contributed by atoms with Gasteiger partial charge in [-0.3, -0.25) is 24.4 Å². The number of nitrogens with zero attached hydrogens (tertiary/aromatic N) is 5. The van der Waals surface area contributed by atoms with Gasteiger partial charge in [-0.05, 0) is 66.9 Å². The number of methoxy groups -OCH3 is 1. The molecule has 3 aromatic carbocycles. The lowest BCUT2D eigenvalue weighted by Gasteiger charge is -2.39. The van der Waals surface area contributed by atoms with Crippen molar-refractivity contribution in [2.75, 3.05) is 67.3 Å². The van der Waals surface area contributed by atoms with Crippen LogP contribution in [0.2, 0.25) is 10.0 Å². The van der Waals surface area contributed by atoms with Gasteiger partial charge >= 0.3 is 6.03 Å². The molecule has 5 rings (SSSR count). The number of nitrogens with one attached hydrogen (secondary N) is 1. The highest BCUT2D eigenvalue weighted by atomic mass is 35.5. The maximum absolute atomic E-state index is 14.9. The lowest BCUT2D eigenvalue weighted by atomic mass is 9.93. The second-order valence-corrected chi connectivity index (χ2v) is 14.7. The van der Waals surface area contributed by atoms with Crippen molar-refractivity contribution in [1.29, 1.82) is 0 Å². The van der Waals surface area contributed by atoms with E-state index in [0.29, 0.717) is 53.1 Å². The maximum atomic E-state index is 14.9. The highest BCUT2D eigenvalue weighted by molar-refractivity contribution is 7.89. The average Bonchev–Trinajstić information content (AvgIpc) is 3.51. The molecule has 0 unspecified atom stereocenters. The number of carbonyl (C=O) groups excluding carboxylic acids is 2. The largest absolute Gasteiger partial charge is 0.493 e.